The number of benzene rings is 2. The lowest BCUT2D eigenvalue weighted by atomic mass is 10.2. The maximum Gasteiger partial charge on any atom is 0.274 e. The number of hydrazone groups is 1. The van der Waals surface area contributed by atoms with Crippen molar-refractivity contribution >= 4 is 46.9 Å². The van der Waals surface area contributed by atoms with Crippen LogP contribution in [-0.4, -0.2) is 65.6 Å². The predicted molar refractivity (Wildman–Crippen MR) is 135 cm³/mol. The minimum Gasteiger partial charge on any atom is -0.368 e. The van der Waals surface area contributed by atoms with E-state index in [0.29, 0.717) is 41.8 Å². The number of aromatic nitrogens is 1. The van der Waals surface area contributed by atoms with Crippen LogP contribution < -0.4 is 4.90 Å². The van der Waals surface area contributed by atoms with E-state index in [9.17, 15) is 9.59 Å². The van der Waals surface area contributed by atoms with Crippen LogP contribution in [-0.2, 0) is 4.79 Å². The molecule has 1 saturated heterocycles. The molecule has 0 aliphatic carbocycles. The number of amides is 2. The molecule has 2 heterocycles. The number of nitrogens with zero attached hydrogens (tertiary/aromatic N) is 5. The molecule has 1 aliphatic heterocycles. The van der Waals surface area contributed by atoms with Crippen molar-refractivity contribution in [3.05, 3.63) is 94.2 Å². The molecular weight excluding hydrogens is 473 g/mol. The van der Waals surface area contributed by atoms with Gasteiger partial charge >= 0.3 is 0 Å². The summed E-state index contributed by atoms with van der Waals surface area (Å²) >= 11 is 11.9. The van der Waals surface area contributed by atoms with Gasteiger partial charge in [-0.1, -0.05) is 35.3 Å². The number of halogens is 2. The molecule has 1 fully saturated rings. The summed E-state index contributed by atoms with van der Waals surface area (Å²) in [6, 6.07) is 17.9. The smallest absolute Gasteiger partial charge is 0.274 e. The summed E-state index contributed by atoms with van der Waals surface area (Å²) in [7, 11) is 0. The van der Waals surface area contributed by atoms with E-state index < -0.39 is 0 Å². The van der Waals surface area contributed by atoms with Gasteiger partial charge in [-0.05, 0) is 54.1 Å². The number of hydrogen-bond donors (Lipinski definition) is 0. The van der Waals surface area contributed by atoms with Gasteiger partial charge < -0.3 is 9.80 Å². The zero-order valence-electron chi connectivity index (χ0n) is 18.3. The zero-order chi connectivity index (χ0) is 23.9. The third-order valence-electron chi connectivity index (χ3n) is 5.49. The highest BCUT2D eigenvalue weighted by Crippen LogP contribution is 2.19. The molecule has 0 bridgehead atoms. The number of carbonyl (C=O) groups is 2. The second-order valence-corrected chi connectivity index (χ2v) is 8.61. The van der Waals surface area contributed by atoms with Crippen molar-refractivity contribution in [1.29, 1.82) is 0 Å². The van der Waals surface area contributed by atoms with Gasteiger partial charge in [0.1, 0.15) is 6.54 Å². The minimum absolute atomic E-state index is 0.161. The number of piperazine rings is 1. The Morgan fingerprint density at radius 1 is 0.882 bits per heavy atom. The van der Waals surface area contributed by atoms with Gasteiger partial charge in [-0.25, -0.2) is 5.01 Å². The van der Waals surface area contributed by atoms with Crippen LogP contribution in [0.4, 0.5) is 5.69 Å². The largest absolute Gasteiger partial charge is 0.368 e. The molecule has 0 N–H and O–H groups in total. The first kappa shape index (κ1) is 23.7. The van der Waals surface area contributed by atoms with E-state index in [1.807, 2.05) is 24.3 Å². The van der Waals surface area contributed by atoms with Gasteiger partial charge in [0.2, 0.25) is 5.91 Å². The maximum atomic E-state index is 13.1. The van der Waals surface area contributed by atoms with E-state index in [-0.39, 0.29) is 18.4 Å². The Bertz CT molecular complexity index is 1150. The Labute approximate surface area is 208 Å². The molecular formula is C25H23Cl2N5O2. The summed E-state index contributed by atoms with van der Waals surface area (Å²) < 4.78 is 0. The Morgan fingerprint density at radius 3 is 2.09 bits per heavy atom. The van der Waals surface area contributed by atoms with Crippen molar-refractivity contribution in [3.8, 4) is 0 Å². The Hall–Kier alpha value is -3.42. The highest BCUT2D eigenvalue weighted by Gasteiger charge is 2.25. The molecule has 0 unspecified atom stereocenters. The zero-order valence-corrected chi connectivity index (χ0v) is 19.9. The lowest BCUT2D eigenvalue weighted by Gasteiger charge is -2.36. The van der Waals surface area contributed by atoms with Crippen molar-refractivity contribution in [1.82, 2.24) is 14.9 Å². The summed E-state index contributed by atoms with van der Waals surface area (Å²) in [5.74, 6) is -0.535. The maximum absolute atomic E-state index is 13.1. The van der Waals surface area contributed by atoms with Crippen LogP contribution in [0.2, 0.25) is 10.0 Å². The predicted octanol–water partition coefficient (Wildman–Crippen LogP) is 4.21. The molecule has 0 atom stereocenters. The summed E-state index contributed by atoms with van der Waals surface area (Å²) in [6.07, 6.45) is 4.61. The van der Waals surface area contributed by atoms with Crippen LogP contribution in [0.5, 0.6) is 0 Å². The van der Waals surface area contributed by atoms with Gasteiger partial charge in [0.05, 0.1) is 6.21 Å². The number of hydrogen-bond acceptors (Lipinski definition) is 5. The molecule has 0 spiro atoms. The molecule has 2 aromatic carbocycles. The quantitative estimate of drug-likeness (QED) is 0.379. The minimum atomic E-state index is -0.374. The van der Waals surface area contributed by atoms with Gasteiger partial charge in [0.25, 0.3) is 5.91 Å². The molecule has 1 aromatic heterocycles. The number of anilines is 1. The molecule has 0 saturated carbocycles. The Kier molecular flexibility index (Phi) is 7.77. The monoisotopic (exact) mass is 495 g/mol. The fraction of sp³-hybridized carbons (Fsp3) is 0.200. The van der Waals surface area contributed by atoms with Crippen molar-refractivity contribution in [3.63, 3.8) is 0 Å². The third-order valence-corrected chi connectivity index (χ3v) is 5.99. The van der Waals surface area contributed by atoms with Crippen LogP contribution in [0, 0.1) is 0 Å². The highest BCUT2D eigenvalue weighted by molar-refractivity contribution is 6.30. The molecule has 34 heavy (non-hydrogen) atoms. The SMILES string of the molecule is O=C(CN(/N=C/c1ccc(Cl)cc1)C(=O)c1ccncc1)N1CCN(c2ccc(Cl)cc2)CC1. The molecule has 0 radical (unpaired) electrons. The molecule has 1 aliphatic rings. The summed E-state index contributed by atoms with van der Waals surface area (Å²) in [5.41, 5.74) is 2.24. The standard InChI is InChI=1S/C25H23Cl2N5O2/c26-21-3-1-19(2-4-21)17-29-32(25(34)20-9-11-28-12-10-20)18-24(33)31-15-13-30(14-16-31)23-7-5-22(27)6-8-23/h1-12,17H,13-16,18H2/b29-17+. The molecule has 2 amide bonds. The van der Waals surface area contributed by atoms with Crippen molar-refractivity contribution in [2.24, 2.45) is 5.10 Å². The Balaban J connectivity index is 1.44. The van der Waals surface area contributed by atoms with Crippen LogP contribution in [0.15, 0.2) is 78.2 Å². The highest BCUT2D eigenvalue weighted by atomic mass is 35.5. The van der Waals surface area contributed by atoms with Crippen molar-refractivity contribution < 1.29 is 9.59 Å². The lowest BCUT2D eigenvalue weighted by Crippen LogP contribution is -2.51. The fourth-order valence-electron chi connectivity index (χ4n) is 3.59. The van der Waals surface area contributed by atoms with E-state index >= 15 is 0 Å². The molecule has 9 heteroatoms. The van der Waals surface area contributed by atoms with Crippen LogP contribution in [0.3, 0.4) is 0 Å². The van der Waals surface area contributed by atoms with E-state index in [1.165, 1.54) is 17.4 Å². The van der Waals surface area contributed by atoms with Gasteiger partial charge in [-0.2, -0.15) is 5.10 Å². The molecule has 7 nitrogen and oxygen atoms in total. The second kappa shape index (κ2) is 11.1. The molecule has 3 aromatic rings. The Morgan fingerprint density at radius 2 is 1.47 bits per heavy atom. The number of rotatable bonds is 6. The third kappa shape index (κ3) is 6.12. The summed E-state index contributed by atoms with van der Waals surface area (Å²) in [4.78, 5) is 34.1. The fourth-order valence-corrected chi connectivity index (χ4v) is 3.84. The molecule has 4 rings (SSSR count). The average molecular weight is 496 g/mol. The van der Waals surface area contributed by atoms with Crippen LogP contribution in [0.25, 0.3) is 0 Å². The van der Waals surface area contributed by atoms with Crippen LogP contribution >= 0.6 is 23.2 Å². The number of pyridine rings is 1. The first-order valence-corrected chi connectivity index (χ1v) is 11.5. The average Bonchev–Trinajstić information content (AvgIpc) is 2.88. The van der Waals surface area contributed by atoms with Crippen molar-refractivity contribution in [2.75, 3.05) is 37.6 Å². The number of carbonyl (C=O) groups excluding carboxylic acids is 2. The van der Waals surface area contributed by atoms with Crippen molar-refractivity contribution in [2.45, 2.75) is 0 Å². The van der Waals surface area contributed by atoms with Crippen LogP contribution in [0.1, 0.15) is 15.9 Å². The normalized spacial score (nSPS) is 13.8. The van der Waals surface area contributed by atoms with E-state index in [1.54, 1.807) is 47.5 Å². The summed E-state index contributed by atoms with van der Waals surface area (Å²) in [5, 5.41) is 6.82. The van der Waals surface area contributed by atoms with Gasteiger partial charge in [0.15, 0.2) is 0 Å². The van der Waals surface area contributed by atoms with E-state index in [2.05, 4.69) is 15.0 Å². The second-order valence-electron chi connectivity index (χ2n) is 7.74. The first-order valence-electron chi connectivity index (χ1n) is 10.8. The first-order chi connectivity index (χ1) is 16.5. The molecule has 174 valence electrons. The topological polar surface area (TPSA) is 69.1 Å². The lowest BCUT2D eigenvalue weighted by molar-refractivity contribution is -0.132. The van der Waals surface area contributed by atoms with Gasteiger partial charge in [-0.3, -0.25) is 14.6 Å². The summed E-state index contributed by atoms with van der Waals surface area (Å²) in [6.45, 7) is 2.34. The van der Waals surface area contributed by atoms with Gasteiger partial charge in [0, 0.05) is 59.9 Å². The van der Waals surface area contributed by atoms with Gasteiger partial charge in [-0.15, -0.1) is 0 Å². The van der Waals surface area contributed by atoms with E-state index in [4.69, 9.17) is 23.2 Å². The van der Waals surface area contributed by atoms with E-state index in [0.717, 1.165) is 11.3 Å².